The predicted molar refractivity (Wildman–Crippen MR) is 94.9 cm³/mol. The van der Waals surface area contributed by atoms with Gasteiger partial charge in [-0.25, -0.2) is 4.98 Å². The van der Waals surface area contributed by atoms with Crippen molar-refractivity contribution in [3.05, 3.63) is 70.6 Å². The second kappa shape index (κ2) is 7.06. The highest BCUT2D eigenvalue weighted by Crippen LogP contribution is 2.32. The fraction of sp³-hybridized carbons (Fsp3) is 0.111. The molecule has 0 amide bonds. The Morgan fingerprint density at radius 3 is 2.44 bits per heavy atom. The summed E-state index contributed by atoms with van der Waals surface area (Å²) in [5, 5.41) is 4.43. The molecule has 0 saturated carbocycles. The largest absolute Gasteiger partial charge is 0.417 e. The van der Waals surface area contributed by atoms with E-state index in [1.165, 1.54) is 29.5 Å². The maximum Gasteiger partial charge on any atom is 0.417 e. The first-order valence-corrected chi connectivity index (χ1v) is 8.25. The highest BCUT2D eigenvalue weighted by atomic mass is 32.1. The van der Waals surface area contributed by atoms with Crippen LogP contribution in [0.25, 0.3) is 11.3 Å². The van der Waals surface area contributed by atoms with E-state index in [2.05, 4.69) is 15.5 Å². The van der Waals surface area contributed by atoms with E-state index < -0.39 is 11.7 Å². The smallest absolute Gasteiger partial charge is 0.253 e. The molecule has 1 N–H and O–H groups in total. The number of aryl methyl sites for hydroxylation is 1. The molecule has 2 aromatic carbocycles. The van der Waals surface area contributed by atoms with Gasteiger partial charge in [-0.05, 0) is 13.0 Å². The summed E-state index contributed by atoms with van der Waals surface area (Å²) in [4.78, 5) is 5.45. The molecular formula is C18H14F3N3S. The quantitative estimate of drug-likeness (QED) is 0.486. The van der Waals surface area contributed by atoms with Gasteiger partial charge in [0, 0.05) is 16.0 Å². The summed E-state index contributed by atoms with van der Waals surface area (Å²) in [6.45, 7) is 1.94. The number of anilines is 1. The first kappa shape index (κ1) is 17.2. The van der Waals surface area contributed by atoms with Crippen molar-refractivity contribution in [2.75, 3.05) is 5.43 Å². The van der Waals surface area contributed by atoms with Gasteiger partial charge in [-0.1, -0.05) is 48.5 Å². The minimum absolute atomic E-state index is 0.000870. The van der Waals surface area contributed by atoms with Crippen LogP contribution in [0.2, 0.25) is 0 Å². The third-order valence-corrected chi connectivity index (χ3v) is 4.35. The number of nitrogens with zero attached hydrogens (tertiary/aromatic N) is 2. The molecule has 0 aliphatic heterocycles. The van der Waals surface area contributed by atoms with Crippen LogP contribution in [-0.2, 0) is 6.18 Å². The molecular weight excluding hydrogens is 347 g/mol. The average Bonchev–Trinajstić information content (AvgIpc) is 2.96. The fourth-order valence-electron chi connectivity index (χ4n) is 2.33. The summed E-state index contributed by atoms with van der Waals surface area (Å²) in [5.74, 6) is 0. The van der Waals surface area contributed by atoms with Crippen molar-refractivity contribution < 1.29 is 13.2 Å². The number of hydrogen-bond donors (Lipinski definition) is 1. The lowest BCUT2D eigenvalue weighted by Crippen LogP contribution is -2.08. The summed E-state index contributed by atoms with van der Waals surface area (Å²) in [6, 6.07) is 15.0. The number of halogens is 3. The first-order chi connectivity index (χ1) is 11.9. The number of thiazole rings is 1. The van der Waals surface area contributed by atoms with Crippen LogP contribution in [0.4, 0.5) is 18.3 Å². The van der Waals surface area contributed by atoms with Crippen molar-refractivity contribution in [3.63, 3.8) is 0 Å². The van der Waals surface area contributed by atoms with E-state index in [0.29, 0.717) is 5.13 Å². The number of hydrazone groups is 1. The zero-order valence-corrected chi connectivity index (χ0v) is 14.0. The monoisotopic (exact) mass is 361 g/mol. The summed E-state index contributed by atoms with van der Waals surface area (Å²) in [6.07, 6.45) is -3.26. The molecule has 0 bridgehead atoms. The van der Waals surface area contributed by atoms with E-state index in [9.17, 15) is 13.2 Å². The minimum atomic E-state index is -4.42. The Morgan fingerprint density at radius 1 is 1.04 bits per heavy atom. The SMILES string of the molecule is Cc1sc(N/N=C/c2ccccc2C(F)(F)F)nc1-c1ccccc1. The normalized spacial score (nSPS) is 11.8. The van der Waals surface area contributed by atoms with Gasteiger partial charge in [0.05, 0.1) is 17.5 Å². The molecule has 0 radical (unpaired) electrons. The molecule has 128 valence electrons. The van der Waals surface area contributed by atoms with Crippen LogP contribution in [0.1, 0.15) is 16.0 Å². The fourth-order valence-corrected chi connectivity index (χ4v) is 3.12. The standard InChI is InChI=1S/C18H14F3N3S/c1-12-16(13-7-3-2-4-8-13)23-17(25-12)24-22-11-14-9-5-6-10-15(14)18(19,20)21/h2-11H,1H3,(H,23,24)/b22-11+. The summed E-state index contributed by atoms with van der Waals surface area (Å²) in [7, 11) is 0. The Morgan fingerprint density at radius 2 is 1.72 bits per heavy atom. The van der Waals surface area contributed by atoms with Gasteiger partial charge in [0.15, 0.2) is 0 Å². The highest BCUT2D eigenvalue weighted by Gasteiger charge is 2.32. The molecule has 0 spiro atoms. The number of alkyl halides is 3. The van der Waals surface area contributed by atoms with Gasteiger partial charge in [-0.3, -0.25) is 5.43 Å². The van der Waals surface area contributed by atoms with Gasteiger partial charge in [0.2, 0.25) is 5.13 Å². The third-order valence-electron chi connectivity index (χ3n) is 3.47. The Kier molecular flexibility index (Phi) is 4.85. The molecule has 1 aromatic heterocycles. The second-order valence-electron chi connectivity index (χ2n) is 5.24. The van der Waals surface area contributed by atoms with Crippen molar-refractivity contribution in [1.82, 2.24) is 4.98 Å². The van der Waals surface area contributed by atoms with Gasteiger partial charge in [0.1, 0.15) is 0 Å². The molecule has 0 saturated heterocycles. The summed E-state index contributed by atoms with van der Waals surface area (Å²) >= 11 is 1.40. The van der Waals surface area contributed by atoms with Crippen LogP contribution in [0.5, 0.6) is 0 Å². The van der Waals surface area contributed by atoms with Gasteiger partial charge in [-0.2, -0.15) is 18.3 Å². The summed E-state index contributed by atoms with van der Waals surface area (Å²) < 4.78 is 38.9. The maximum atomic E-state index is 13.0. The molecule has 7 heteroatoms. The highest BCUT2D eigenvalue weighted by molar-refractivity contribution is 7.15. The van der Waals surface area contributed by atoms with Gasteiger partial charge >= 0.3 is 6.18 Å². The number of aromatic nitrogens is 1. The average molecular weight is 361 g/mol. The number of nitrogens with one attached hydrogen (secondary N) is 1. The zero-order valence-electron chi connectivity index (χ0n) is 13.2. The topological polar surface area (TPSA) is 37.3 Å². The first-order valence-electron chi connectivity index (χ1n) is 7.43. The van der Waals surface area contributed by atoms with Crippen molar-refractivity contribution in [2.24, 2.45) is 5.10 Å². The predicted octanol–water partition coefficient (Wildman–Crippen LogP) is 5.58. The molecule has 1 heterocycles. The van der Waals surface area contributed by atoms with Crippen LogP contribution in [0.3, 0.4) is 0 Å². The minimum Gasteiger partial charge on any atom is -0.253 e. The van der Waals surface area contributed by atoms with Crippen molar-refractivity contribution in [1.29, 1.82) is 0 Å². The van der Waals surface area contributed by atoms with Crippen molar-refractivity contribution >= 4 is 22.7 Å². The van der Waals surface area contributed by atoms with E-state index in [0.717, 1.165) is 28.4 Å². The van der Waals surface area contributed by atoms with Crippen molar-refractivity contribution in [2.45, 2.75) is 13.1 Å². The number of rotatable bonds is 4. The van der Waals surface area contributed by atoms with E-state index in [1.54, 1.807) is 0 Å². The Balaban J connectivity index is 1.78. The van der Waals surface area contributed by atoms with Gasteiger partial charge < -0.3 is 0 Å². The van der Waals surface area contributed by atoms with E-state index in [-0.39, 0.29) is 5.56 Å². The Hall–Kier alpha value is -2.67. The van der Waals surface area contributed by atoms with Gasteiger partial charge in [-0.15, -0.1) is 11.3 Å². The third kappa shape index (κ3) is 4.06. The van der Waals surface area contributed by atoms with Crippen molar-refractivity contribution in [3.8, 4) is 11.3 Å². The Labute approximate surface area is 146 Å². The molecule has 3 rings (SSSR count). The lowest BCUT2D eigenvalue weighted by molar-refractivity contribution is -0.137. The van der Waals surface area contributed by atoms with E-state index >= 15 is 0 Å². The van der Waals surface area contributed by atoms with E-state index in [1.807, 2.05) is 37.3 Å². The molecule has 0 unspecified atom stereocenters. The van der Waals surface area contributed by atoms with Crippen LogP contribution in [0, 0.1) is 6.92 Å². The molecule has 3 nitrogen and oxygen atoms in total. The molecule has 3 aromatic rings. The number of benzene rings is 2. The van der Waals surface area contributed by atoms with Crippen LogP contribution in [0.15, 0.2) is 59.7 Å². The van der Waals surface area contributed by atoms with Crippen LogP contribution < -0.4 is 5.43 Å². The zero-order chi connectivity index (χ0) is 17.9. The van der Waals surface area contributed by atoms with Gasteiger partial charge in [0.25, 0.3) is 0 Å². The molecule has 0 aliphatic rings. The lowest BCUT2D eigenvalue weighted by Gasteiger charge is -2.08. The van der Waals surface area contributed by atoms with Crippen LogP contribution in [-0.4, -0.2) is 11.2 Å². The second-order valence-corrected chi connectivity index (χ2v) is 6.45. The molecule has 0 aliphatic carbocycles. The van der Waals surface area contributed by atoms with Crippen LogP contribution >= 0.6 is 11.3 Å². The number of hydrogen-bond acceptors (Lipinski definition) is 4. The molecule has 0 atom stereocenters. The maximum absolute atomic E-state index is 13.0. The lowest BCUT2D eigenvalue weighted by atomic mass is 10.1. The molecule has 25 heavy (non-hydrogen) atoms. The Bertz CT molecular complexity index is 886. The molecule has 0 fully saturated rings. The van der Waals surface area contributed by atoms with E-state index in [4.69, 9.17) is 0 Å². The summed E-state index contributed by atoms with van der Waals surface area (Å²) in [5.41, 5.74) is 3.80.